The predicted molar refractivity (Wildman–Crippen MR) is 54.3 cm³/mol. The number of carbonyl (C=O) groups is 2. The number of esters is 1. The Hall–Kier alpha value is -1.32. The molecule has 0 bridgehead atoms. The van der Waals surface area contributed by atoms with Crippen LogP contribution in [0.5, 0.6) is 0 Å². The summed E-state index contributed by atoms with van der Waals surface area (Å²) in [6.45, 7) is 3.42. The highest BCUT2D eigenvalue weighted by atomic mass is 16.5. The average Bonchev–Trinajstić information content (AvgIpc) is 2.17. The molecule has 0 amide bonds. The highest BCUT2D eigenvalue weighted by molar-refractivity contribution is 6.01. The smallest absolute Gasteiger partial charge is 0.327 e. The summed E-state index contributed by atoms with van der Waals surface area (Å²) in [7, 11) is 0. The Bertz CT molecular complexity index is 293. The normalized spacial score (nSPS) is 25.3. The maximum Gasteiger partial charge on any atom is 0.327 e. The predicted octanol–water partition coefficient (Wildman–Crippen LogP) is 1.75. The van der Waals surface area contributed by atoms with Gasteiger partial charge in [-0.05, 0) is 33.1 Å². The molecular formula is C11H16O4. The number of aliphatic carboxylic acids is 1. The van der Waals surface area contributed by atoms with Crippen molar-refractivity contribution < 1.29 is 19.4 Å². The molecular weight excluding hydrogens is 196 g/mol. The van der Waals surface area contributed by atoms with E-state index in [4.69, 9.17) is 9.84 Å². The van der Waals surface area contributed by atoms with Gasteiger partial charge in [0.2, 0.25) is 0 Å². The number of carboxylic acid groups (broad SMARTS) is 1. The van der Waals surface area contributed by atoms with Crippen LogP contribution < -0.4 is 0 Å². The minimum Gasteiger partial charge on any atom is -0.480 e. The van der Waals surface area contributed by atoms with Crippen LogP contribution in [-0.4, -0.2) is 23.1 Å². The standard InChI is InChI=1S/C11H16O4/c1-8(2)15-10(14)11(9(12)13)6-4-3-5-7-11/h4,6,8H,3,5,7H2,1-2H3,(H,12,13). The van der Waals surface area contributed by atoms with Gasteiger partial charge < -0.3 is 9.84 Å². The number of ether oxygens (including phenoxy) is 1. The summed E-state index contributed by atoms with van der Waals surface area (Å²) < 4.78 is 4.98. The van der Waals surface area contributed by atoms with Gasteiger partial charge >= 0.3 is 11.9 Å². The van der Waals surface area contributed by atoms with Gasteiger partial charge in [-0.1, -0.05) is 12.2 Å². The van der Waals surface area contributed by atoms with E-state index in [0.717, 1.165) is 6.42 Å². The Morgan fingerprint density at radius 1 is 1.47 bits per heavy atom. The fourth-order valence-corrected chi connectivity index (χ4v) is 1.62. The molecule has 0 saturated carbocycles. The molecule has 0 aliphatic heterocycles. The van der Waals surface area contributed by atoms with E-state index in [2.05, 4.69) is 0 Å². The molecule has 0 aromatic rings. The summed E-state index contributed by atoms with van der Waals surface area (Å²) >= 11 is 0. The van der Waals surface area contributed by atoms with Crippen LogP contribution in [0.25, 0.3) is 0 Å². The van der Waals surface area contributed by atoms with Gasteiger partial charge in [0.15, 0.2) is 5.41 Å². The number of hydrogen-bond acceptors (Lipinski definition) is 3. The first-order chi connectivity index (χ1) is 6.99. The number of carbonyl (C=O) groups excluding carboxylic acids is 1. The average molecular weight is 212 g/mol. The van der Waals surface area contributed by atoms with Gasteiger partial charge in [0.1, 0.15) is 0 Å². The summed E-state index contributed by atoms with van der Waals surface area (Å²) in [5.41, 5.74) is -1.46. The summed E-state index contributed by atoms with van der Waals surface area (Å²) in [5.74, 6) is -1.77. The lowest BCUT2D eigenvalue weighted by atomic mass is 9.79. The van der Waals surface area contributed by atoms with Gasteiger partial charge in [0.05, 0.1) is 6.10 Å². The molecule has 4 nitrogen and oxygen atoms in total. The Morgan fingerprint density at radius 3 is 2.53 bits per heavy atom. The van der Waals surface area contributed by atoms with Crippen LogP contribution in [0.2, 0.25) is 0 Å². The lowest BCUT2D eigenvalue weighted by Crippen LogP contribution is -2.41. The van der Waals surface area contributed by atoms with Gasteiger partial charge in [-0.15, -0.1) is 0 Å². The van der Waals surface area contributed by atoms with E-state index in [1.54, 1.807) is 19.9 Å². The summed E-state index contributed by atoms with van der Waals surface area (Å²) in [5, 5.41) is 9.12. The molecule has 0 heterocycles. The fraction of sp³-hybridized carbons (Fsp3) is 0.636. The van der Waals surface area contributed by atoms with E-state index in [1.807, 2.05) is 0 Å². The van der Waals surface area contributed by atoms with Gasteiger partial charge in [-0.2, -0.15) is 0 Å². The minimum absolute atomic E-state index is 0.288. The molecule has 0 spiro atoms. The van der Waals surface area contributed by atoms with E-state index in [1.165, 1.54) is 6.08 Å². The molecule has 15 heavy (non-hydrogen) atoms. The van der Waals surface area contributed by atoms with E-state index in [9.17, 15) is 9.59 Å². The first kappa shape index (κ1) is 11.8. The Kier molecular flexibility index (Phi) is 3.50. The Balaban J connectivity index is 2.91. The zero-order chi connectivity index (χ0) is 11.5. The van der Waals surface area contributed by atoms with E-state index in [0.29, 0.717) is 12.8 Å². The minimum atomic E-state index is -1.46. The molecule has 1 N–H and O–H groups in total. The molecule has 84 valence electrons. The van der Waals surface area contributed by atoms with Crippen LogP contribution in [-0.2, 0) is 14.3 Å². The van der Waals surface area contributed by atoms with Gasteiger partial charge in [-0.3, -0.25) is 9.59 Å². The summed E-state index contributed by atoms with van der Waals surface area (Å²) in [6.07, 6.45) is 4.76. The molecule has 1 rings (SSSR count). The van der Waals surface area contributed by atoms with Crippen molar-refractivity contribution in [1.29, 1.82) is 0 Å². The van der Waals surface area contributed by atoms with E-state index >= 15 is 0 Å². The highest BCUT2D eigenvalue weighted by Crippen LogP contribution is 2.33. The van der Waals surface area contributed by atoms with Crippen LogP contribution in [0.15, 0.2) is 12.2 Å². The zero-order valence-corrected chi connectivity index (χ0v) is 9.03. The second kappa shape index (κ2) is 4.47. The zero-order valence-electron chi connectivity index (χ0n) is 9.03. The summed E-state index contributed by atoms with van der Waals surface area (Å²) in [6, 6.07) is 0. The second-order valence-electron chi connectivity index (χ2n) is 4.03. The monoisotopic (exact) mass is 212 g/mol. The van der Waals surface area contributed by atoms with Crippen molar-refractivity contribution in [2.24, 2.45) is 5.41 Å². The van der Waals surface area contributed by atoms with Crippen molar-refractivity contribution in [3.63, 3.8) is 0 Å². The van der Waals surface area contributed by atoms with Crippen molar-refractivity contribution in [3.05, 3.63) is 12.2 Å². The van der Waals surface area contributed by atoms with Crippen molar-refractivity contribution in [3.8, 4) is 0 Å². The van der Waals surface area contributed by atoms with Crippen LogP contribution in [0, 0.1) is 5.41 Å². The van der Waals surface area contributed by atoms with E-state index in [-0.39, 0.29) is 6.10 Å². The second-order valence-corrected chi connectivity index (χ2v) is 4.03. The molecule has 1 unspecified atom stereocenters. The number of hydrogen-bond donors (Lipinski definition) is 1. The first-order valence-electron chi connectivity index (χ1n) is 5.11. The Morgan fingerprint density at radius 2 is 2.13 bits per heavy atom. The van der Waals surface area contributed by atoms with Crippen LogP contribution >= 0.6 is 0 Å². The van der Waals surface area contributed by atoms with Crippen molar-refractivity contribution in [1.82, 2.24) is 0 Å². The van der Waals surface area contributed by atoms with Crippen molar-refractivity contribution in [2.75, 3.05) is 0 Å². The summed E-state index contributed by atoms with van der Waals surface area (Å²) in [4.78, 5) is 22.9. The molecule has 4 heteroatoms. The van der Waals surface area contributed by atoms with Gasteiger partial charge in [-0.25, -0.2) is 0 Å². The molecule has 0 saturated heterocycles. The van der Waals surface area contributed by atoms with Crippen LogP contribution in [0.4, 0.5) is 0 Å². The van der Waals surface area contributed by atoms with Crippen molar-refractivity contribution >= 4 is 11.9 Å². The molecule has 1 aliphatic carbocycles. The Labute approximate surface area is 88.9 Å². The first-order valence-corrected chi connectivity index (χ1v) is 5.11. The molecule has 0 aromatic heterocycles. The quantitative estimate of drug-likeness (QED) is 0.439. The van der Waals surface area contributed by atoms with Crippen LogP contribution in [0.3, 0.4) is 0 Å². The molecule has 1 aliphatic rings. The molecule has 0 fully saturated rings. The SMILES string of the molecule is CC(C)OC(=O)C1(C(=O)O)C=CCCC1. The van der Waals surface area contributed by atoms with Crippen molar-refractivity contribution in [2.45, 2.75) is 39.2 Å². The highest BCUT2D eigenvalue weighted by Gasteiger charge is 2.46. The number of carboxylic acids is 1. The van der Waals surface area contributed by atoms with Crippen LogP contribution in [0.1, 0.15) is 33.1 Å². The van der Waals surface area contributed by atoms with Gasteiger partial charge in [0, 0.05) is 0 Å². The maximum absolute atomic E-state index is 11.7. The number of rotatable bonds is 3. The fourth-order valence-electron chi connectivity index (χ4n) is 1.62. The van der Waals surface area contributed by atoms with E-state index < -0.39 is 17.4 Å². The molecule has 0 aromatic carbocycles. The van der Waals surface area contributed by atoms with Gasteiger partial charge in [0.25, 0.3) is 0 Å². The topological polar surface area (TPSA) is 63.6 Å². The lowest BCUT2D eigenvalue weighted by molar-refractivity contribution is -0.168. The molecule has 1 atom stereocenters. The third-order valence-corrected chi connectivity index (χ3v) is 2.43. The largest absolute Gasteiger partial charge is 0.480 e. The maximum atomic E-state index is 11.7. The third kappa shape index (κ3) is 2.37. The lowest BCUT2D eigenvalue weighted by Gasteiger charge is -2.27. The third-order valence-electron chi connectivity index (χ3n) is 2.43. The number of allylic oxidation sites excluding steroid dienone is 1. The molecule has 0 radical (unpaired) electrons.